The van der Waals surface area contributed by atoms with Gasteiger partial charge in [0.1, 0.15) is 5.08 Å². The zero-order chi connectivity index (χ0) is 15.5. The first-order valence-electron chi connectivity index (χ1n) is 5.89. The van der Waals surface area contributed by atoms with Gasteiger partial charge >= 0.3 is 0 Å². The number of hydrogen-bond acceptors (Lipinski definition) is 3. The Bertz CT molecular complexity index is 711. The fourth-order valence-corrected chi connectivity index (χ4v) is 5.25. The monoisotopic (exact) mass is 424 g/mol. The molecule has 0 saturated carbocycles. The smallest absolute Gasteiger partial charge is 0.187 e. The van der Waals surface area contributed by atoms with Gasteiger partial charge in [0.2, 0.25) is 0 Å². The number of sulfone groups is 1. The van der Waals surface area contributed by atoms with E-state index >= 15 is 0 Å². The summed E-state index contributed by atoms with van der Waals surface area (Å²) in [5.74, 6) is 0.637. The minimum atomic E-state index is -3.42. The Labute approximate surface area is 146 Å². The van der Waals surface area contributed by atoms with Gasteiger partial charge in [0.25, 0.3) is 0 Å². The molecule has 0 unspecified atom stereocenters. The van der Waals surface area contributed by atoms with Crippen molar-refractivity contribution in [3.8, 4) is 0 Å². The molecule has 0 bridgehead atoms. The van der Waals surface area contributed by atoms with Crippen LogP contribution in [0.3, 0.4) is 0 Å². The molecular weight excluding hydrogens is 415 g/mol. The van der Waals surface area contributed by atoms with Crippen LogP contribution in [-0.2, 0) is 15.6 Å². The van der Waals surface area contributed by atoms with Crippen molar-refractivity contribution in [2.45, 2.75) is 10.6 Å². The van der Waals surface area contributed by atoms with E-state index in [-0.39, 0.29) is 20.0 Å². The normalized spacial score (nSPS) is 11.6. The Morgan fingerprint density at radius 1 is 1.05 bits per heavy atom. The fourth-order valence-electron chi connectivity index (χ4n) is 1.62. The topological polar surface area (TPSA) is 34.1 Å². The van der Waals surface area contributed by atoms with E-state index in [0.717, 1.165) is 5.56 Å². The van der Waals surface area contributed by atoms with Crippen molar-refractivity contribution < 1.29 is 8.42 Å². The van der Waals surface area contributed by atoms with Crippen LogP contribution in [0.15, 0.2) is 51.8 Å². The molecule has 2 aromatic rings. The summed E-state index contributed by atoms with van der Waals surface area (Å²) in [7, 11) is -3.42. The molecule has 112 valence electrons. The van der Waals surface area contributed by atoms with Gasteiger partial charge in [-0.2, -0.15) is 0 Å². The van der Waals surface area contributed by atoms with E-state index in [4.69, 9.17) is 23.2 Å². The molecule has 2 aromatic carbocycles. The van der Waals surface area contributed by atoms with E-state index in [1.165, 1.54) is 23.9 Å². The van der Waals surface area contributed by atoms with E-state index in [1.54, 1.807) is 0 Å². The maximum Gasteiger partial charge on any atom is 0.187 e. The largest absolute Gasteiger partial charge is 0.223 e. The highest BCUT2D eigenvalue weighted by molar-refractivity contribution is 9.10. The molecule has 21 heavy (non-hydrogen) atoms. The Morgan fingerprint density at radius 3 is 2.19 bits per heavy atom. The van der Waals surface area contributed by atoms with Gasteiger partial charge in [-0.15, -0.1) is 11.8 Å². The van der Waals surface area contributed by atoms with Gasteiger partial charge in [-0.05, 0) is 33.6 Å². The molecule has 0 saturated heterocycles. The lowest BCUT2D eigenvalue weighted by Gasteiger charge is -2.07. The zero-order valence-electron chi connectivity index (χ0n) is 10.7. The SMILES string of the molecule is O=S(=O)(CSCc1ccccc1)c1cc(Cl)c(Br)c(Cl)c1. The molecule has 0 radical (unpaired) electrons. The molecule has 0 spiro atoms. The summed E-state index contributed by atoms with van der Waals surface area (Å²) in [4.78, 5) is 0.140. The second-order valence-corrected chi connectivity index (χ2v) is 9.22. The number of rotatable bonds is 5. The van der Waals surface area contributed by atoms with Gasteiger partial charge in [0.05, 0.1) is 19.4 Å². The Balaban J connectivity index is 2.09. The molecule has 0 aromatic heterocycles. The minimum absolute atomic E-state index is 0.0177. The molecule has 0 aliphatic heterocycles. The molecule has 0 N–H and O–H groups in total. The molecule has 0 aliphatic rings. The molecule has 0 aliphatic carbocycles. The van der Waals surface area contributed by atoms with Crippen LogP contribution in [0.4, 0.5) is 0 Å². The molecule has 0 atom stereocenters. The third-order valence-electron chi connectivity index (χ3n) is 2.67. The standard InChI is InChI=1S/C14H11BrCl2O2S2/c15-14-12(16)6-11(7-13(14)17)21(18,19)9-20-8-10-4-2-1-3-5-10/h1-7H,8-9H2. The van der Waals surface area contributed by atoms with Gasteiger partial charge in [-0.3, -0.25) is 0 Å². The molecule has 0 amide bonds. The molecule has 2 rings (SSSR count). The van der Waals surface area contributed by atoms with Crippen LogP contribution in [0.1, 0.15) is 5.56 Å². The van der Waals surface area contributed by atoms with Crippen LogP contribution >= 0.6 is 50.9 Å². The quantitative estimate of drug-likeness (QED) is 0.599. The summed E-state index contributed by atoms with van der Waals surface area (Å²) >= 11 is 16.4. The Kier molecular flexibility index (Phi) is 6.03. The third-order valence-corrected chi connectivity index (χ3v) is 7.97. The van der Waals surface area contributed by atoms with Crippen molar-refractivity contribution in [3.05, 3.63) is 62.5 Å². The highest BCUT2D eigenvalue weighted by atomic mass is 79.9. The van der Waals surface area contributed by atoms with Crippen LogP contribution < -0.4 is 0 Å². The third kappa shape index (κ3) is 4.63. The Hall–Kier alpha value is -0.200. The highest BCUT2D eigenvalue weighted by Gasteiger charge is 2.18. The lowest BCUT2D eigenvalue weighted by Crippen LogP contribution is -2.04. The van der Waals surface area contributed by atoms with Gasteiger partial charge in [0.15, 0.2) is 9.84 Å². The van der Waals surface area contributed by atoms with E-state index in [9.17, 15) is 8.42 Å². The minimum Gasteiger partial charge on any atom is -0.223 e. The van der Waals surface area contributed by atoms with Crippen molar-refractivity contribution in [3.63, 3.8) is 0 Å². The Morgan fingerprint density at radius 2 is 1.62 bits per heavy atom. The fraction of sp³-hybridized carbons (Fsp3) is 0.143. The maximum absolute atomic E-state index is 12.3. The average molecular weight is 426 g/mol. The molecule has 2 nitrogen and oxygen atoms in total. The van der Waals surface area contributed by atoms with E-state index in [1.807, 2.05) is 30.3 Å². The number of hydrogen-bond donors (Lipinski definition) is 0. The van der Waals surface area contributed by atoms with Crippen molar-refractivity contribution in [2.24, 2.45) is 0 Å². The second-order valence-electron chi connectivity index (χ2n) is 4.27. The highest BCUT2D eigenvalue weighted by Crippen LogP contribution is 2.34. The predicted octanol–water partition coefficient (Wildman–Crippen LogP) is 5.42. The molecule has 0 heterocycles. The average Bonchev–Trinajstić information content (AvgIpc) is 2.45. The van der Waals surface area contributed by atoms with E-state index in [0.29, 0.717) is 10.2 Å². The van der Waals surface area contributed by atoms with Crippen LogP contribution in [0.25, 0.3) is 0 Å². The van der Waals surface area contributed by atoms with Crippen molar-refractivity contribution >= 4 is 60.7 Å². The summed E-state index contributed by atoms with van der Waals surface area (Å²) in [6, 6.07) is 12.5. The number of thioether (sulfide) groups is 1. The zero-order valence-corrected chi connectivity index (χ0v) is 15.5. The molecular formula is C14H11BrCl2O2S2. The van der Waals surface area contributed by atoms with Crippen LogP contribution in [0, 0.1) is 0 Å². The van der Waals surface area contributed by atoms with Crippen LogP contribution in [0.2, 0.25) is 10.0 Å². The summed E-state index contributed by atoms with van der Waals surface area (Å²) < 4.78 is 25.1. The van der Waals surface area contributed by atoms with Gasteiger partial charge in [-0.25, -0.2) is 8.42 Å². The first-order valence-corrected chi connectivity index (χ1v) is 10.2. The summed E-state index contributed by atoms with van der Waals surface area (Å²) in [6.07, 6.45) is 0. The number of halogens is 3. The van der Waals surface area contributed by atoms with Crippen LogP contribution in [-0.4, -0.2) is 13.5 Å². The summed E-state index contributed by atoms with van der Waals surface area (Å²) in [6.45, 7) is 0. The lowest BCUT2D eigenvalue weighted by atomic mass is 10.2. The first-order chi connectivity index (χ1) is 9.90. The van der Waals surface area contributed by atoms with Crippen molar-refractivity contribution in [2.75, 3.05) is 5.08 Å². The van der Waals surface area contributed by atoms with Crippen molar-refractivity contribution in [1.82, 2.24) is 0 Å². The van der Waals surface area contributed by atoms with E-state index < -0.39 is 9.84 Å². The second kappa shape index (κ2) is 7.38. The van der Waals surface area contributed by atoms with Crippen LogP contribution in [0.5, 0.6) is 0 Å². The maximum atomic E-state index is 12.3. The van der Waals surface area contributed by atoms with Gasteiger partial charge in [-0.1, -0.05) is 53.5 Å². The van der Waals surface area contributed by atoms with E-state index in [2.05, 4.69) is 15.9 Å². The summed E-state index contributed by atoms with van der Waals surface area (Å²) in [5, 5.41) is 0.555. The predicted molar refractivity (Wildman–Crippen MR) is 94.0 cm³/mol. The van der Waals surface area contributed by atoms with Crippen molar-refractivity contribution in [1.29, 1.82) is 0 Å². The van der Waals surface area contributed by atoms with Gasteiger partial charge < -0.3 is 0 Å². The molecule has 0 fully saturated rings. The lowest BCUT2D eigenvalue weighted by molar-refractivity contribution is 0.601. The first kappa shape index (κ1) is 17.2. The molecule has 7 heteroatoms. The van der Waals surface area contributed by atoms with Gasteiger partial charge in [0, 0.05) is 5.75 Å². The summed E-state index contributed by atoms with van der Waals surface area (Å²) in [5.41, 5.74) is 1.09. The number of benzene rings is 2.